The van der Waals surface area contributed by atoms with Gasteiger partial charge in [-0.1, -0.05) is 61.7 Å². The van der Waals surface area contributed by atoms with Gasteiger partial charge in [-0.15, -0.1) is 11.3 Å². The molecule has 0 unspecified atom stereocenters. The van der Waals surface area contributed by atoms with Crippen LogP contribution >= 0.6 is 27.3 Å². The summed E-state index contributed by atoms with van der Waals surface area (Å²) in [6, 6.07) is 16.7. The second-order valence-electron chi connectivity index (χ2n) is 8.64. The predicted octanol–water partition coefficient (Wildman–Crippen LogP) is 6.82. The zero-order valence-corrected chi connectivity index (χ0v) is 22.3. The first-order valence-electron chi connectivity index (χ1n) is 11.9. The minimum Gasteiger partial charge on any atom is -0.479 e. The molecule has 0 atom stereocenters. The van der Waals surface area contributed by atoms with Crippen molar-refractivity contribution in [3.05, 3.63) is 69.5 Å². The SMILES string of the molecule is O=C(O)COc1c(C(=O)O)sc(-c2cccc(N(C(=O)OCc3ccccc3)C3CCCCC3)c2)c1Br. The Hall–Kier alpha value is -3.37. The van der Waals surface area contributed by atoms with Crippen molar-refractivity contribution in [2.75, 3.05) is 11.5 Å². The van der Waals surface area contributed by atoms with Crippen LogP contribution in [0.4, 0.5) is 10.5 Å². The first kappa shape index (κ1) is 26.7. The highest BCUT2D eigenvalue weighted by atomic mass is 79.9. The van der Waals surface area contributed by atoms with E-state index in [0.29, 0.717) is 20.6 Å². The number of thiophene rings is 1. The van der Waals surface area contributed by atoms with E-state index in [4.69, 9.17) is 14.6 Å². The van der Waals surface area contributed by atoms with Crippen molar-refractivity contribution in [3.63, 3.8) is 0 Å². The fraction of sp³-hybridized carbons (Fsp3) is 0.296. The lowest BCUT2D eigenvalue weighted by atomic mass is 9.94. The molecule has 1 saturated carbocycles. The minimum atomic E-state index is -1.22. The Morgan fingerprint density at radius 3 is 2.41 bits per heavy atom. The number of hydrogen-bond donors (Lipinski definition) is 2. The van der Waals surface area contributed by atoms with Gasteiger partial charge in [0.2, 0.25) is 0 Å². The van der Waals surface area contributed by atoms with Gasteiger partial charge < -0.3 is 19.7 Å². The van der Waals surface area contributed by atoms with Crippen molar-refractivity contribution in [2.45, 2.75) is 44.8 Å². The quantitative estimate of drug-likeness (QED) is 0.282. The zero-order valence-electron chi connectivity index (χ0n) is 19.9. The molecule has 4 rings (SSSR count). The van der Waals surface area contributed by atoms with Crippen molar-refractivity contribution >= 4 is 51.0 Å². The van der Waals surface area contributed by atoms with Gasteiger partial charge in [-0.3, -0.25) is 4.90 Å². The monoisotopic (exact) mass is 587 g/mol. The fourth-order valence-electron chi connectivity index (χ4n) is 4.38. The average Bonchev–Trinajstić information content (AvgIpc) is 3.24. The number of carbonyl (C=O) groups is 3. The van der Waals surface area contributed by atoms with E-state index in [1.807, 2.05) is 42.5 Å². The second kappa shape index (κ2) is 12.2. The first-order valence-corrected chi connectivity index (χ1v) is 13.5. The lowest BCUT2D eigenvalue weighted by Gasteiger charge is -2.33. The van der Waals surface area contributed by atoms with Crippen LogP contribution in [-0.4, -0.2) is 40.9 Å². The average molecular weight is 588 g/mol. The predicted molar refractivity (Wildman–Crippen MR) is 144 cm³/mol. The number of aromatic carboxylic acids is 1. The molecule has 0 saturated heterocycles. The number of ether oxygens (including phenoxy) is 2. The molecule has 0 radical (unpaired) electrons. The number of rotatable bonds is 9. The second-order valence-corrected chi connectivity index (χ2v) is 10.5. The van der Waals surface area contributed by atoms with Crippen molar-refractivity contribution in [3.8, 4) is 16.2 Å². The number of halogens is 1. The molecule has 1 heterocycles. The van der Waals surface area contributed by atoms with Gasteiger partial charge in [0.05, 0.1) is 9.35 Å². The molecule has 2 aromatic carbocycles. The van der Waals surface area contributed by atoms with Gasteiger partial charge in [-0.25, -0.2) is 14.4 Å². The summed E-state index contributed by atoms with van der Waals surface area (Å²) in [7, 11) is 0. The highest BCUT2D eigenvalue weighted by molar-refractivity contribution is 9.10. The number of carbonyl (C=O) groups excluding carboxylic acids is 1. The number of hydrogen-bond acceptors (Lipinski definition) is 6. The van der Waals surface area contributed by atoms with Gasteiger partial charge in [0.1, 0.15) is 6.61 Å². The fourth-order valence-corrected chi connectivity index (χ4v) is 6.26. The molecule has 8 nitrogen and oxygen atoms in total. The summed E-state index contributed by atoms with van der Waals surface area (Å²) in [5, 5.41) is 18.6. The van der Waals surface area contributed by atoms with E-state index >= 15 is 0 Å². The van der Waals surface area contributed by atoms with Crippen molar-refractivity contribution < 1.29 is 34.1 Å². The Kier molecular flexibility index (Phi) is 8.83. The van der Waals surface area contributed by atoms with Gasteiger partial charge >= 0.3 is 18.0 Å². The summed E-state index contributed by atoms with van der Waals surface area (Å²) in [6.45, 7) is -0.511. The normalized spacial score (nSPS) is 13.6. The molecule has 0 bridgehead atoms. The highest BCUT2D eigenvalue weighted by Gasteiger charge is 2.29. The van der Waals surface area contributed by atoms with Gasteiger partial charge in [0, 0.05) is 11.7 Å². The summed E-state index contributed by atoms with van der Waals surface area (Å²) in [4.78, 5) is 38.3. The molecule has 194 valence electrons. The standard InChI is InChI=1S/C27H26BrNO7S/c28-22-23(35-16-21(30)31)25(26(32)33)37-24(22)18-10-7-13-20(14-18)29(19-11-5-2-6-12-19)27(34)36-15-17-8-3-1-4-9-17/h1,3-4,7-10,13-14,19H,2,5-6,11-12,15-16H2,(H,30,31)(H,32,33). The van der Waals surface area contributed by atoms with Crippen LogP contribution in [0.25, 0.3) is 10.4 Å². The molecule has 1 aliphatic rings. The number of carboxylic acids is 2. The number of amides is 1. The Balaban J connectivity index is 1.66. The third-order valence-electron chi connectivity index (χ3n) is 6.07. The van der Waals surface area contributed by atoms with Gasteiger partial charge in [-0.05, 0) is 52.0 Å². The number of benzene rings is 2. The topological polar surface area (TPSA) is 113 Å². The maximum atomic E-state index is 13.4. The molecule has 37 heavy (non-hydrogen) atoms. The largest absolute Gasteiger partial charge is 0.479 e. The third kappa shape index (κ3) is 6.50. The van der Waals surface area contributed by atoms with E-state index in [1.165, 1.54) is 0 Å². The summed E-state index contributed by atoms with van der Waals surface area (Å²) in [6.07, 6.45) is 4.47. The van der Waals surface area contributed by atoms with E-state index in [0.717, 1.165) is 49.0 Å². The molecule has 0 aliphatic heterocycles. The number of anilines is 1. The van der Waals surface area contributed by atoms with Crippen LogP contribution in [0.15, 0.2) is 59.1 Å². The first-order chi connectivity index (χ1) is 17.8. The van der Waals surface area contributed by atoms with Crippen LogP contribution in [0, 0.1) is 0 Å². The lowest BCUT2D eigenvalue weighted by Crippen LogP contribution is -2.42. The lowest BCUT2D eigenvalue weighted by molar-refractivity contribution is -0.139. The molecular formula is C27H26BrNO7S. The number of nitrogens with zero attached hydrogens (tertiary/aromatic N) is 1. The van der Waals surface area contributed by atoms with Crippen LogP contribution in [0.2, 0.25) is 0 Å². The van der Waals surface area contributed by atoms with Crippen molar-refractivity contribution in [1.82, 2.24) is 0 Å². The molecule has 10 heteroatoms. The smallest absolute Gasteiger partial charge is 0.414 e. The summed E-state index contributed by atoms with van der Waals surface area (Å²) in [5.41, 5.74) is 2.21. The molecule has 1 aromatic heterocycles. The molecule has 3 aromatic rings. The van der Waals surface area contributed by atoms with Crippen LogP contribution < -0.4 is 9.64 Å². The van der Waals surface area contributed by atoms with Crippen LogP contribution in [0.3, 0.4) is 0 Å². The molecular weight excluding hydrogens is 562 g/mol. The molecule has 1 aliphatic carbocycles. The molecule has 1 fully saturated rings. The zero-order chi connectivity index (χ0) is 26.4. The minimum absolute atomic E-state index is 0.0110. The number of aliphatic carboxylic acids is 1. The number of carboxylic acid groups (broad SMARTS) is 2. The Bertz CT molecular complexity index is 1270. The van der Waals surface area contributed by atoms with E-state index in [2.05, 4.69) is 15.9 Å². The van der Waals surface area contributed by atoms with Crippen molar-refractivity contribution in [1.29, 1.82) is 0 Å². The Morgan fingerprint density at radius 1 is 1.00 bits per heavy atom. The molecule has 1 amide bonds. The van der Waals surface area contributed by atoms with Gasteiger partial charge in [-0.2, -0.15) is 0 Å². The molecule has 0 spiro atoms. The summed E-state index contributed by atoms with van der Waals surface area (Å²) >= 11 is 4.37. The third-order valence-corrected chi connectivity index (χ3v) is 8.30. The van der Waals surface area contributed by atoms with Crippen LogP contribution in [-0.2, 0) is 16.1 Å². The Morgan fingerprint density at radius 2 is 1.73 bits per heavy atom. The van der Waals surface area contributed by atoms with Gasteiger partial charge in [0.15, 0.2) is 17.2 Å². The van der Waals surface area contributed by atoms with E-state index < -0.39 is 24.6 Å². The highest BCUT2D eigenvalue weighted by Crippen LogP contribution is 2.46. The molecule has 2 N–H and O–H groups in total. The summed E-state index contributed by atoms with van der Waals surface area (Å²) < 4.78 is 11.3. The Labute approximate surface area is 226 Å². The maximum Gasteiger partial charge on any atom is 0.414 e. The maximum absolute atomic E-state index is 13.4. The van der Waals surface area contributed by atoms with Gasteiger partial charge in [0.25, 0.3) is 0 Å². The van der Waals surface area contributed by atoms with E-state index in [1.54, 1.807) is 17.0 Å². The van der Waals surface area contributed by atoms with E-state index in [-0.39, 0.29) is 23.3 Å². The van der Waals surface area contributed by atoms with Crippen molar-refractivity contribution in [2.24, 2.45) is 0 Å². The summed E-state index contributed by atoms with van der Waals surface area (Å²) in [5.74, 6) is -2.47. The van der Waals surface area contributed by atoms with E-state index in [9.17, 15) is 19.5 Å². The van der Waals surface area contributed by atoms with Crippen LogP contribution in [0.1, 0.15) is 47.3 Å². The van der Waals surface area contributed by atoms with Crippen LogP contribution in [0.5, 0.6) is 5.75 Å².